The molecular weight excluding hydrogens is 520 g/mol. The molecule has 0 radical (unpaired) electrons. The minimum Gasteiger partial charge on any atom is -0.322 e. The number of hydrogen-bond donors (Lipinski definition) is 2. The molecule has 0 saturated heterocycles. The second kappa shape index (κ2) is 9.32. The summed E-state index contributed by atoms with van der Waals surface area (Å²) in [5, 5.41) is 2.73. The van der Waals surface area contributed by atoms with Gasteiger partial charge in [0.2, 0.25) is 0 Å². The summed E-state index contributed by atoms with van der Waals surface area (Å²) >= 11 is 3.33. The van der Waals surface area contributed by atoms with Crippen molar-refractivity contribution < 1.29 is 13.2 Å². The molecule has 3 aromatic carbocycles. The predicted octanol–water partition coefficient (Wildman–Crippen LogP) is 4.30. The molecular formula is C24H21BrN4O4S. The number of amides is 1. The number of hydrogen-bond acceptors (Lipinski definition) is 4. The lowest BCUT2D eigenvalue weighted by molar-refractivity contribution is 0.102. The molecule has 34 heavy (non-hydrogen) atoms. The van der Waals surface area contributed by atoms with E-state index < -0.39 is 21.5 Å². The van der Waals surface area contributed by atoms with Crippen LogP contribution in [0, 0.1) is 6.92 Å². The van der Waals surface area contributed by atoms with E-state index in [2.05, 4.69) is 26.0 Å². The molecule has 0 spiro atoms. The molecule has 8 nitrogen and oxygen atoms in total. The number of halogens is 1. The third-order valence-corrected chi connectivity index (χ3v) is 7.18. The number of nitrogens with zero attached hydrogens (tertiary/aromatic N) is 2. The summed E-state index contributed by atoms with van der Waals surface area (Å²) in [6.07, 6.45) is 0. The Morgan fingerprint density at radius 1 is 0.941 bits per heavy atom. The highest BCUT2D eigenvalue weighted by Crippen LogP contribution is 2.20. The second-order valence-corrected chi connectivity index (χ2v) is 10.1. The number of sulfonamides is 1. The Morgan fingerprint density at radius 2 is 1.62 bits per heavy atom. The molecule has 0 atom stereocenters. The number of carbonyl (C=O) groups excluding carboxylic acids is 1. The summed E-state index contributed by atoms with van der Waals surface area (Å²) in [7, 11) is -2.47. The molecule has 0 aliphatic carbocycles. The van der Waals surface area contributed by atoms with Crippen LogP contribution in [0.3, 0.4) is 0 Å². The van der Waals surface area contributed by atoms with E-state index in [1.54, 1.807) is 67.2 Å². The van der Waals surface area contributed by atoms with Gasteiger partial charge in [-0.05, 0) is 61.5 Å². The van der Waals surface area contributed by atoms with Crippen LogP contribution in [0.5, 0.6) is 0 Å². The standard InChI is InChI=1S/C24H21BrN4O4S/c1-16-22(24(31)29(28(16)2)20-8-4-3-5-9-20)27-34(32,33)21-10-6-7-17(15-21)23(30)26-19-13-11-18(25)12-14-19/h3-15,27H,1-2H3,(H,26,30). The van der Waals surface area contributed by atoms with Crippen molar-refractivity contribution >= 4 is 43.2 Å². The number of benzene rings is 3. The van der Waals surface area contributed by atoms with Crippen molar-refractivity contribution in [3.05, 3.63) is 105 Å². The molecule has 0 saturated carbocycles. The predicted molar refractivity (Wildman–Crippen MR) is 135 cm³/mol. The van der Waals surface area contributed by atoms with Crippen LogP contribution in [0.1, 0.15) is 16.1 Å². The smallest absolute Gasteiger partial charge is 0.296 e. The summed E-state index contributed by atoms with van der Waals surface area (Å²) in [6, 6.07) is 21.6. The monoisotopic (exact) mass is 540 g/mol. The third-order valence-electron chi connectivity index (χ3n) is 5.30. The molecule has 174 valence electrons. The van der Waals surface area contributed by atoms with Crippen molar-refractivity contribution in [1.29, 1.82) is 0 Å². The van der Waals surface area contributed by atoms with Crippen molar-refractivity contribution in [1.82, 2.24) is 9.36 Å². The van der Waals surface area contributed by atoms with Crippen molar-refractivity contribution in [2.45, 2.75) is 11.8 Å². The van der Waals surface area contributed by atoms with Gasteiger partial charge in [-0.1, -0.05) is 40.2 Å². The molecule has 0 bridgehead atoms. The zero-order valence-corrected chi connectivity index (χ0v) is 20.7. The molecule has 0 aliphatic rings. The maximum atomic E-state index is 13.1. The summed E-state index contributed by atoms with van der Waals surface area (Å²) in [5.74, 6) is -0.457. The Balaban J connectivity index is 1.63. The summed E-state index contributed by atoms with van der Waals surface area (Å²) < 4.78 is 32.5. The van der Waals surface area contributed by atoms with Gasteiger partial charge in [-0.2, -0.15) is 0 Å². The average molecular weight is 541 g/mol. The fourth-order valence-electron chi connectivity index (χ4n) is 3.42. The largest absolute Gasteiger partial charge is 0.322 e. The van der Waals surface area contributed by atoms with Crippen molar-refractivity contribution in [3.8, 4) is 5.69 Å². The van der Waals surface area contributed by atoms with Crippen LogP contribution in [0.25, 0.3) is 5.69 Å². The highest BCUT2D eigenvalue weighted by molar-refractivity contribution is 9.10. The number of nitrogens with one attached hydrogen (secondary N) is 2. The van der Waals surface area contributed by atoms with Gasteiger partial charge in [-0.15, -0.1) is 0 Å². The lowest BCUT2D eigenvalue weighted by atomic mass is 10.2. The van der Waals surface area contributed by atoms with Gasteiger partial charge >= 0.3 is 0 Å². The highest BCUT2D eigenvalue weighted by atomic mass is 79.9. The molecule has 1 aromatic heterocycles. The van der Waals surface area contributed by atoms with E-state index in [0.717, 1.165) is 4.47 Å². The van der Waals surface area contributed by atoms with Gasteiger partial charge in [0, 0.05) is 22.8 Å². The number of rotatable bonds is 6. The average Bonchev–Trinajstić information content (AvgIpc) is 3.04. The van der Waals surface area contributed by atoms with E-state index in [4.69, 9.17) is 0 Å². The van der Waals surface area contributed by atoms with Crippen molar-refractivity contribution in [2.75, 3.05) is 10.0 Å². The van der Waals surface area contributed by atoms with Gasteiger partial charge in [-0.25, -0.2) is 13.1 Å². The molecule has 1 amide bonds. The first kappa shape index (κ1) is 23.5. The molecule has 0 aliphatic heterocycles. The fraction of sp³-hybridized carbons (Fsp3) is 0.0833. The van der Waals surface area contributed by atoms with Crippen molar-refractivity contribution in [3.63, 3.8) is 0 Å². The van der Waals surface area contributed by atoms with Crippen LogP contribution in [0.4, 0.5) is 11.4 Å². The summed E-state index contributed by atoms with van der Waals surface area (Å²) in [5.41, 5.74) is 1.23. The lowest BCUT2D eigenvalue weighted by Crippen LogP contribution is -2.23. The van der Waals surface area contributed by atoms with Crippen LogP contribution in [-0.4, -0.2) is 23.7 Å². The van der Waals surface area contributed by atoms with E-state index in [0.29, 0.717) is 17.1 Å². The quantitative estimate of drug-likeness (QED) is 0.380. The lowest BCUT2D eigenvalue weighted by Gasteiger charge is -2.09. The Kier molecular flexibility index (Phi) is 6.45. The molecule has 4 aromatic rings. The van der Waals surface area contributed by atoms with Crippen LogP contribution in [0.15, 0.2) is 93.0 Å². The van der Waals surface area contributed by atoms with Crippen LogP contribution in [-0.2, 0) is 17.1 Å². The summed E-state index contributed by atoms with van der Waals surface area (Å²) in [4.78, 5) is 25.6. The van der Waals surface area contributed by atoms with Gasteiger partial charge in [0.1, 0.15) is 5.69 Å². The van der Waals surface area contributed by atoms with Gasteiger partial charge in [-0.3, -0.25) is 19.0 Å². The molecule has 4 rings (SSSR count). The van der Waals surface area contributed by atoms with E-state index in [1.165, 1.54) is 28.9 Å². The topological polar surface area (TPSA) is 102 Å². The fourth-order valence-corrected chi connectivity index (χ4v) is 4.85. The van der Waals surface area contributed by atoms with Crippen LogP contribution < -0.4 is 15.6 Å². The van der Waals surface area contributed by atoms with Crippen LogP contribution >= 0.6 is 15.9 Å². The molecule has 0 fully saturated rings. The van der Waals surface area contributed by atoms with E-state index in [9.17, 15) is 18.0 Å². The van der Waals surface area contributed by atoms with E-state index in [-0.39, 0.29) is 16.1 Å². The van der Waals surface area contributed by atoms with E-state index in [1.807, 2.05) is 6.07 Å². The minimum absolute atomic E-state index is 0.0592. The first-order valence-corrected chi connectivity index (χ1v) is 12.5. The zero-order chi connectivity index (χ0) is 24.5. The Morgan fingerprint density at radius 3 is 2.29 bits per heavy atom. The maximum absolute atomic E-state index is 13.1. The SMILES string of the molecule is Cc1c(NS(=O)(=O)c2cccc(C(=O)Nc3ccc(Br)cc3)c2)c(=O)n(-c2ccccc2)n1C. The first-order valence-electron chi connectivity index (χ1n) is 10.2. The van der Waals surface area contributed by atoms with Crippen LogP contribution in [0.2, 0.25) is 0 Å². The Hall–Kier alpha value is -3.63. The van der Waals surface area contributed by atoms with Gasteiger partial charge < -0.3 is 5.32 Å². The summed E-state index contributed by atoms with van der Waals surface area (Å²) in [6.45, 7) is 1.65. The van der Waals surface area contributed by atoms with E-state index >= 15 is 0 Å². The second-order valence-electron chi connectivity index (χ2n) is 7.53. The molecule has 0 unspecified atom stereocenters. The third kappa shape index (κ3) is 4.68. The number of para-hydroxylation sites is 1. The molecule has 1 heterocycles. The zero-order valence-electron chi connectivity index (χ0n) is 18.3. The number of aromatic nitrogens is 2. The number of carbonyl (C=O) groups is 1. The molecule has 10 heteroatoms. The normalized spacial score (nSPS) is 11.3. The van der Waals surface area contributed by atoms with Gasteiger partial charge in [0.15, 0.2) is 0 Å². The number of anilines is 2. The Bertz CT molecular complexity index is 1530. The minimum atomic E-state index is -4.14. The van der Waals surface area contributed by atoms with Gasteiger partial charge in [0.25, 0.3) is 21.5 Å². The highest BCUT2D eigenvalue weighted by Gasteiger charge is 2.23. The first-order chi connectivity index (χ1) is 16.2. The Labute approximate surface area is 205 Å². The molecule has 2 N–H and O–H groups in total. The van der Waals surface area contributed by atoms with Crippen molar-refractivity contribution in [2.24, 2.45) is 7.05 Å². The van der Waals surface area contributed by atoms with Gasteiger partial charge in [0.05, 0.1) is 16.3 Å². The maximum Gasteiger partial charge on any atom is 0.296 e.